The van der Waals surface area contributed by atoms with Crippen LogP contribution in [-0.4, -0.2) is 38.8 Å². The van der Waals surface area contributed by atoms with E-state index in [1.807, 2.05) is 12.1 Å². The first-order valence-electron chi connectivity index (χ1n) is 9.33. The van der Waals surface area contributed by atoms with Crippen molar-refractivity contribution in [2.45, 2.75) is 0 Å². The van der Waals surface area contributed by atoms with E-state index in [9.17, 15) is 10.1 Å². The molecule has 1 amide bonds. The normalized spacial score (nSPS) is 13.8. The molecule has 0 unspecified atom stereocenters. The number of halogens is 1. The van der Waals surface area contributed by atoms with Gasteiger partial charge in [-0.1, -0.05) is 35.7 Å². The molecule has 0 aliphatic carbocycles. The van der Waals surface area contributed by atoms with Gasteiger partial charge in [0.15, 0.2) is 0 Å². The van der Waals surface area contributed by atoms with Gasteiger partial charge in [0.05, 0.1) is 24.6 Å². The van der Waals surface area contributed by atoms with Crippen LogP contribution in [0.15, 0.2) is 48.0 Å². The Bertz CT molecular complexity index is 1030. The summed E-state index contributed by atoms with van der Waals surface area (Å²) in [6.07, 6.45) is 6.72. The van der Waals surface area contributed by atoms with Crippen molar-refractivity contribution >= 4 is 35.0 Å². The molecular weight excluding hydrogens is 402 g/mol. The van der Waals surface area contributed by atoms with Crippen molar-refractivity contribution in [1.29, 1.82) is 5.26 Å². The van der Waals surface area contributed by atoms with Crippen molar-refractivity contribution in [3.63, 3.8) is 0 Å². The highest BCUT2D eigenvalue weighted by atomic mass is 35.5. The SMILES string of the molecule is C#CCOc1ccccc1/C=C(\C#N)C(=O)Nc1cc(Cl)ccc1N1CCOCC1. The Labute approximate surface area is 180 Å². The molecule has 1 N–H and O–H groups in total. The number of ether oxygens (including phenoxy) is 2. The number of nitriles is 1. The van der Waals surface area contributed by atoms with E-state index in [-0.39, 0.29) is 12.2 Å². The van der Waals surface area contributed by atoms with Crippen LogP contribution in [0.1, 0.15) is 5.56 Å². The zero-order valence-corrected chi connectivity index (χ0v) is 17.0. The monoisotopic (exact) mass is 421 g/mol. The molecule has 1 aliphatic rings. The number of carbonyl (C=O) groups is 1. The Hall–Kier alpha value is -3.45. The summed E-state index contributed by atoms with van der Waals surface area (Å²) in [5.74, 6) is 2.35. The molecule has 0 saturated carbocycles. The van der Waals surface area contributed by atoms with Crippen LogP contribution in [0.5, 0.6) is 5.75 Å². The number of nitrogens with zero attached hydrogens (tertiary/aromatic N) is 2. The van der Waals surface area contributed by atoms with Crippen molar-refractivity contribution in [3.8, 4) is 24.2 Å². The number of amides is 1. The first-order valence-corrected chi connectivity index (χ1v) is 9.71. The fourth-order valence-corrected chi connectivity index (χ4v) is 3.20. The van der Waals surface area contributed by atoms with Gasteiger partial charge in [-0.25, -0.2) is 0 Å². The van der Waals surface area contributed by atoms with E-state index in [4.69, 9.17) is 27.5 Å². The van der Waals surface area contributed by atoms with Gasteiger partial charge in [0.2, 0.25) is 0 Å². The third-order valence-corrected chi connectivity index (χ3v) is 4.69. The molecule has 2 aromatic rings. The molecule has 1 aliphatic heterocycles. The second-order valence-electron chi connectivity index (χ2n) is 6.42. The maximum Gasteiger partial charge on any atom is 0.266 e. The van der Waals surface area contributed by atoms with Crippen LogP contribution >= 0.6 is 11.6 Å². The van der Waals surface area contributed by atoms with Crippen LogP contribution in [0.25, 0.3) is 6.08 Å². The minimum Gasteiger partial charge on any atom is -0.480 e. The van der Waals surface area contributed by atoms with Gasteiger partial charge < -0.3 is 19.7 Å². The molecule has 7 heteroatoms. The minimum atomic E-state index is -0.541. The van der Waals surface area contributed by atoms with E-state index in [0.717, 1.165) is 5.69 Å². The van der Waals surface area contributed by atoms with Gasteiger partial charge in [0.25, 0.3) is 5.91 Å². The summed E-state index contributed by atoms with van der Waals surface area (Å²) >= 11 is 6.14. The van der Waals surface area contributed by atoms with E-state index in [0.29, 0.717) is 48.3 Å². The molecule has 6 nitrogen and oxygen atoms in total. The molecule has 0 bridgehead atoms. The zero-order valence-electron chi connectivity index (χ0n) is 16.2. The molecule has 152 valence electrons. The van der Waals surface area contributed by atoms with E-state index in [1.54, 1.807) is 36.4 Å². The Balaban J connectivity index is 1.86. The first-order chi connectivity index (χ1) is 14.6. The number of anilines is 2. The van der Waals surface area contributed by atoms with Gasteiger partial charge in [0.1, 0.15) is 24.0 Å². The van der Waals surface area contributed by atoms with E-state index < -0.39 is 5.91 Å². The van der Waals surface area contributed by atoms with Crippen LogP contribution in [0.3, 0.4) is 0 Å². The van der Waals surface area contributed by atoms with E-state index in [1.165, 1.54) is 6.08 Å². The number of terminal acetylenes is 1. The number of morpholine rings is 1. The topological polar surface area (TPSA) is 74.6 Å². The second kappa shape index (κ2) is 10.4. The summed E-state index contributed by atoms with van der Waals surface area (Å²) in [5.41, 5.74) is 1.87. The lowest BCUT2D eigenvalue weighted by molar-refractivity contribution is -0.112. The molecule has 3 rings (SSSR count). The van der Waals surface area contributed by atoms with Gasteiger partial charge >= 0.3 is 0 Å². The number of rotatable bonds is 6. The van der Waals surface area contributed by atoms with Gasteiger partial charge in [-0.05, 0) is 30.3 Å². The lowest BCUT2D eigenvalue weighted by atomic mass is 10.1. The lowest BCUT2D eigenvalue weighted by Crippen LogP contribution is -2.36. The van der Waals surface area contributed by atoms with Gasteiger partial charge in [-0.2, -0.15) is 5.26 Å². The molecule has 30 heavy (non-hydrogen) atoms. The zero-order chi connectivity index (χ0) is 21.3. The van der Waals surface area contributed by atoms with Crippen molar-refractivity contribution in [1.82, 2.24) is 0 Å². The Morgan fingerprint density at radius 1 is 1.30 bits per heavy atom. The Kier molecular flexibility index (Phi) is 7.34. The average molecular weight is 422 g/mol. The third kappa shape index (κ3) is 5.33. The smallest absolute Gasteiger partial charge is 0.266 e. The van der Waals surface area contributed by atoms with Crippen molar-refractivity contribution in [2.75, 3.05) is 43.1 Å². The Morgan fingerprint density at radius 3 is 2.80 bits per heavy atom. The third-order valence-electron chi connectivity index (χ3n) is 4.45. The maximum atomic E-state index is 12.9. The van der Waals surface area contributed by atoms with Crippen molar-refractivity contribution < 1.29 is 14.3 Å². The van der Waals surface area contributed by atoms with E-state index >= 15 is 0 Å². The number of benzene rings is 2. The van der Waals surface area contributed by atoms with Gasteiger partial charge in [-0.3, -0.25) is 4.79 Å². The highest BCUT2D eigenvalue weighted by Gasteiger charge is 2.18. The van der Waals surface area contributed by atoms with Gasteiger partial charge in [-0.15, -0.1) is 6.42 Å². The molecule has 1 fully saturated rings. The number of para-hydroxylation sites is 1. The quantitative estimate of drug-likeness (QED) is 0.437. The molecule has 2 aromatic carbocycles. The molecular formula is C23H20ClN3O3. The number of carbonyl (C=O) groups excluding carboxylic acids is 1. The van der Waals surface area contributed by atoms with Crippen LogP contribution < -0.4 is 15.0 Å². The predicted octanol–water partition coefficient (Wildman–Crippen LogP) is 3.73. The van der Waals surface area contributed by atoms with Crippen molar-refractivity contribution in [2.24, 2.45) is 0 Å². The minimum absolute atomic E-state index is 0.0698. The summed E-state index contributed by atoms with van der Waals surface area (Å²) in [5, 5.41) is 12.9. The molecule has 0 atom stereocenters. The second-order valence-corrected chi connectivity index (χ2v) is 6.85. The lowest BCUT2D eigenvalue weighted by Gasteiger charge is -2.30. The average Bonchev–Trinajstić information content (AvgIpc) is 2.77. The molecule has 0 spiro atoms. The fraction of sp³-hybridized carbons (Fsp3) is 0.217. The molecule has 0 aromatic heterocycles. The summed E-state index contributed by atoms with van der Waals surface area (Å²) in [6.45, 7) is 2.70. The Morgan fingerprint density at radius 2 is 2.07 bits per heavy atom. The van der Waals surface area contributed by atoms with Gasteiger partial charge in [0, 0.05) is 23.7 Å². The van der Waals surface area contributed by atoms with Crippen LogP contribution in [0.4, 0.5) is 11.4 Å². The standard InChI is InChI=1S/C23H20ClN3O3/c1-2-11-30-22-6-4-3-5-17(22)14-18(16-25)23(28)26-20-15-19(24)7-8-21(20)27-9-12-29-13-10-27/h1,3-8,14-15H,9-13H2,(H,26,28)/b18-14+. The fourth-order valence-electron chi connectivity index (χ4n) is 3.03. The van der Waals surface area contributed by atoms with E-state index in [2.05, 4.69) is 16.1 Å². The molecule has 0 radical (unpaired) electrons. The summed E-state index contributed by atoms with van der Waals surface area (Å²) in [7, 11) is 0. The molecule has 1 heterocycles. The number of hydrogen-bond acceptors (Lipinski definition) is 5. The van der Waals surface area contributed by atoms with Crippen molar-refractivity contribution in [3.05, 3.63) is 58.6 Å². The summed E-state index contributed by atoms with van der Waals surface area (Å²) in [6, 6.07) is 14.3. The highest BCUT2D eigenvalue weighted by molar-refractivity contribution is 6.31. The van der Waals surface area contributed by atoms with Crippen LogP contribution in [-0.2, 0) is 9.53 Å². The highest BCUT2D eigenvalue weighted by Crippen LogP contribution is 2.30. The first kappa shape index (κ1) is 21.3. The predicted molar refractivity (Wildman–Crippen MR) is 117 cm³/mol. The van der Waals surface area contributed by atoms with Crippen LogP contribution in [0, 0.1) is 23.7 Å². The van der Waals surface area contributed by atoms with Crippen LogP contribution in [0.2, 0.25) is 5.02 Å². The maximum absolute atomic E-state index is 12.9. The largest absolute Gasteiger partial charge is 0.480 e. The molecule has 1 saturated heterocycles. The summed E-state index contributed by atoms with van der Waals surface area (Å²) in [4.78, 5) is 15.0. The number of nitrogens with one attached hydrogen (secondary N) is 1. The number of hydrogen-bond donors (Lipinski definition) is 1. The summed E-state index contributed by atoms with van der Waals surface area (Å²) < 4.78 is 10.9.